The number of sulfonamides is 1. The van der Waals surface area contributed by atoms with Crippen LogP contribution in [0.5, 0.6) is 0 Å². The van der Waals surface area contributed by atoms with Crippen molar-refractivity contribution in [3.63, 3.8) is 0 Å². The molecular formula is C15H21F2NO4S. The average Bonchev–Trinajstić information content (AvgIpc) is 2.52. The van der Waals surface area contributed by atoms with Crippen LogP contribution in [-0.2, 0) is 19.5 Å². The number of benzene rings is 1. The van der Waals surface area contributed by atoms with E-state index in [1.165, 1.54) is 0 Å². The Hall–Kier alpha value is -1.09. The first-order chi connectivity index (χ1) is 11.0. The summed E-state index contributed by atoms with van der Waals surface area (Å²) < 4.78 is 63.8. The fourth-order valence-electron chi connectivity index (χ4n) is 2.57. The second-order valence-electron chi connectivity index (χ2n) is 5.47. The van der Waals surface area contributed by atoms with Gasteiger partial charge in [0.25, 0.3) is 0 Å². The van der Waals surface area contributed by atoms with Crippen LogP contribution in [0.4, 0.5) is 8.78 Å². The highest BCUT2D eigenvalue weighted by Crippen LogP contribution is 2.27. The van der Waals surface area contributed by atoms with Gasteiger partial charge in [-0.15, -0.1) is 0 Å². The van der Waals surface area contributed by atoms with Gasteiger partial charge in [0.1, 0.15) is 11.6 Å². The fourth-order valence-corrected chi connectivity index (χ4v) is 4.15. The molecule has 1 aromatic carbocycles. The molecule has 0 aromatic heterocycles. The quantitative estimate of drug-likeness (QED) is 0.707. The number of hydrogen-bond donors (Lipinski definition) is 0. The normalized spacial score (nSPS) is 17.5. The lowest BCUT2D eigenvalue weighted by Crippen LogP contribution is -2.40. The molecule has 8 heteroatoms. The van der Waals surface area contributed by atoms with Crippen LogP contribution in [0.2, 0.25) is 0 Å². The van der Waals surface area contributed by atoms with E-state index >= 15 is 0 Å². The van der Waals surface area contributed by atoms with E-state index in [9.17, 15) is 17.2 Å². The van der Waals surface area contributed by atoms with Crippen molar-refractivity contribution in [3.8, 4) is 0 Å². The summed E-state index contributed by atoms with van der Waals surface area (Å²) in [5.74, 6) is -1.88. The van der Waals surface area contributed by atoms with Gasteiger partial charge in [-0.25, -0.2) is 17.2 Å². The van der Waals surface area contributed by atoms with Crippen molar-refractivity contribution < 1.29 is 26.7 Å². The highest BCUT2D eigenvalue weighted by Gasteiger charge is 2.33. The third-order valence-electron chi connectivity index (χ3n) is 3.88. The second-order valence-corrected chi connectivity index (χ2v) is 7.34. The van der Waals surface area contributed by atoms with Crippen LogP contribution < -0.4 is 0 Å². The molecule has 0 saturated carbocycles. The van der Waals surface area contributed by atoms with Gasteiger partial charge in [0, 0.05) is 26.8 Å². The number of methoxy groups -OCH3 is 1. The molecule has 0 N–H and O–H groups in total. The number of piperidine rings is 1. The lowest BCUT2D eigenvalue weighted by molar-refractivity contribution is 0.0410. The number of halogens is 2. The summed E-state index contributed by atoms with van der Waals surface area (Å²) in [6.45, 7) is 2.00. The van der Waals surface area contributed by atoms with Crippen LogP contribution in [0.15, 0.2) is 23.1 Å². The molecule has 1 saturated heterocycles. The third kappa shape index (κ3) is 4.47. The molecule has 0 unspecified atom stereocenters. The van der Waals surface area contributed by atoms with Crippen LogP contribution >= 0.6 is 0 Å². The van der Waals surface area contributed by atoms with Gasteiger partial charge in [0.05, 0.1) is 13.2 Å². The Morgan fingerprint density at radius 1 is 1.17 bits per heavy atom. The van der Waals surface area contributed by atoms with Crippen molar-refractivity contribution in [1.29, 1.82) is 0 Å². The molecule has 1 aliphatic heterocycles. The molecule has 5 nitrogen and oxygen atoms in total. The van der Waals surface area contributed by atoms with Gasteiger partial charge in [-0.2, -0.15) is 4.31 Å². The molecule has 0 amide bonds. The predicted molar refractivity (Wildman–Crippen MR) is 80.5 cm³/mol. The summed E-state index contributed by atoms with van der Waals surface area (Å²) in [5, 5.41) is 0. The van der Waals surface area contributed by atoms with Gasteiger partial charge in [-0.1, -0.05) is 6.07 Å². The minimum absolute atomic E-state index is 0.231. The number of ether oxygens (including phenoxy) is 2. The first kappa shape index (κ1) is 18.3. The smallest absolute Gasteiger partial charge is 0.248 e. The maximum Gasteiger partial charge on any atom is 0.248 e. The van der Waals surface area contributed by atoms with Crippen molar-refractivity contribution >= 4 is 10.0 Å². The molecule has 23 heavy (non-hydrogen) atoms. The summed E-state index contributed by atoms with van der Waals surface area (Å²) >= 11 is 0. The Balaban J connectivity index is 1.96. The minimum atomic E-state index is -4.15. The molecule has 1 aromatic rings. The summed E-state index contributed by atoms with van der Waals surface area (Å²) in [5.41, 5.74) is 0. The number of rotatable bonds is 7. The van der Waals surface area contributed by atoms with Crippen LogP contribution in [0.25, 0.3) is 0 Å². The van der Waals surface area contributed by atoms with Crippen molar-refractivity contribution in [1.82, 2.24) is 4.31 Å². The van der Waals surface area contributed by atoms with Gasteiger partial charge in [0.2, 0.25) is 10.0 Å². The van der Waals surface area contributed by atoms with E-state index in [0.717, 1.165) is 22.5 Å². The number of hydrogen-bond acceptors (Lipinski definition) is 4. The highest BCUT2D eigenvalue weighted by molar-refractivity contribution is 7.89. The van der Waals surface area contributed by atoms with Gasteiger partial charge in [0.15, 0.2) is 4.90 Å². The molecule has 0 spiro atoms. The Bertz CT molecular complexity index is 596. The van der Waals surface area contributed by atoms with Gasteiger partial charge in [-0.3, -0.25) is 0 Å². The lowest BCUT2D eigenvalue weighted by atomic mass is 9.99. The topological polar surface area (TPSA) is 55.8 Å². The van der Waals surface area contributed by atoms with Crippen molar-refractivity contribution in [2.45, 2.75) is 17.7 Å². The zero-order chi connectivity index (χ0) is 16.9. The van der Waals surface area contributed by atoms with Crippen molar-refractivity contribution in [2.75, 3.05) is 40.0 Å². The van der Waals surface area contributed by atoms with Crippen LogP contribution in [-0.4, -0.2) is 52.7 Å². The largest absolute Gasteiger partial charge is 0.382 e. The van der Waals surface area contributed by atoms with Crippen molar-refractivity contribution in [2.24, 2.45) is 5.92 Å². The average molecular weight is 349 g/mol. The second kappa shape index (κ2) is 8.14. The fraction of sp³-hybridized carbons (Fsp3) is 0.600. The lowest BCUT2D eigenvalue weighted by Gasteiger charge is -2.31. The molecule has 1 heterocycles. The summed E-state index contributed by atoms with van der Waals surface area (Å²) in [6, 6.07) is 3.05. The molecule has 2 rings (SSSR count). The minimum Gasteiger partial charge on any atom is -0.382 e. The molecule has 0 aliphatic carbocycles. The van der Waals surface area contributed by atoms with Gasteiger partial charge >= 0.3 is 0 Å². The maximum atomic E-state index is 13.7. The monoisotopic (exact) mass is 349 g/mol. The summed E-state index contributed by atoms with van der Waals surface area (Å²) in [6.07, 6.45) is 1.20. The third-order valence-corrected chi connectivity index (χ3v) is 5.83. The van der Waals surface area contributed by atoms with Crippen LogP contribution in [0.3, 0.4) is 0 Å². The SMILES string of the molecule is COCCOCC1CCN(S(=O)(=O)c2c(F)cccc2F)CC1. The first-order valence-electron chi connectivity index (χ1n) is 7.47. The Morgan fingerprint density at radius 3 is 2.35 bits per heavy atom. The number of nitrogens with zero attached hydrogens (tertiary/aromatic N) is 1. The summed E-state index contributed by atoms with van der Waals surface area (Å²) in [4.78, 5) is -0.866. The summed E-state index contributed by atoms with van der Waals surface area (Å²) in [7, 11) is -2.56. The van der Waals surface area contributed by atoms with E-state index in [1.807, 2.05) is 0 Å². The van der Waals surface area contributed by atoms with Gasteiger partial charge < -0.3 is 9.47 Å². The van der Waals surface area contributed by atoms with E-state index in [1.54, 1.807) is 7.11 Å². The Kier molecular flexibility index (Phi) is 6.46. The van der Waals surface area contributed by atoms with Gasteiger partial charge in [-0.05, 0) is 30.9 Å². The standard InChI is InChI=1S/C15H21F2NO4S/c1-21-9-10-22-11-12-5-7-18(8-6-12)23(19,20)15-13(16)3-2-4-14(15)17/h2-4,12H,5-11H2,1H3. The molecular weight excluding hydrogens is 328 g/mol. The molecule has 1 aliphatic rings. The predicted octanol–water partition coefficient (Wildman–Crippen LogP) is 2.03. The van der Waals surface area contributed by atoms with E-state index in [-0.39, 0.29) is 19.0 Å². The highest BCUT2D eigenvalue weighted by atomic mass is 32.2. The Morgan fingerprint density at radius 2 is 1.78 bits per heavy atom. The zero-order valence-electron chi connectivity index (χ0n) is 13.0. The first-order valence-corrected chi connectivity index (χ1v) is 8.91. The molecule has 130 valence electrons. The Labute approximate surface area is 135 Å². The van der Waals surface area contributed by atoms with Crippen molar-refractivity contribution in [3.05, 3.63) is 29.8 Å². The van der Waals surface area contributed by atoms with Crippen LogP contribution in [0.1, 0.15) is 12.8 Å². The van der Waals surface area contributed by atoms with E-state index < -0.39 is 26.6 Å². The molecule has 0 radical (unpaired) electrons. The van der Waals surface area contributed by atoms with E-state index in [0.29, 0.717) is 32.7 Å². The molecule has 1 fully saturated rings. The molecule has 0 atom stereocenters. The van der Waals surface area contributed by atoms with E-state index in [4.69, 9.17) is 9.47 Å². The molecule has 0 bridgehead atoms. The van der Waals surface area contributed by atoms with Crippen LogP contribution in [0, 0.1) is 17.6 Å². The zero-order valence-corrected chi connectivity index (χ0v) is 13.8. The van der Waals surface area contributed by atoms with E-state index in [2.05, 4.69) is 0 Å². The maximum absolute atomic E-state index is 13.7.